The summed E-state index contributed by atoms with van der Waals surface area (Å²) < 4.78 is 11.9. The monoisotopic (exact) mass is 378 g/mol. The Balaban J connectivity index is 2.56. The molecule has 0 aliphatic heterocycles. The van der Waals surface area contributed by atoms with Gasteiger partial charge < -0.3 is 9.47 Å². The average Bonchev–Trinajstić information content (AvgIpc) is 2.42. The summed E-state index contributed by atoms with van der Waals surface area (Å²) in [5, 5.41) is 1.95. The van der Waals surface area contributed by atoms with E-state index in [1.807, 2.05) is 45.9 Å². The second-order valence-electron chi connectivity index (χ2n) is 6.65. The Labute approximate surface area is 146 Å². The molecule has 4 heteroatoms. The Bertz CT molecular complexity index is 729. The minimum atomic E-state index is -0.665. The van der Waals surface area contributed by atoms with Crippen LogP contribution in [0.2, 0.25) is 0 Å². The lowest BCUT2D eigenvalue weighted by atomic mass is 9.97. The van der Waals surface area contributed by atoms with Crippen molar-refractivity contribution in [2.45, 2.75) is 53.1 Å². The number of hydrogen-bond donors (Lipinski definition) is 0. The first-order chi connectivity index (χ1) is 10.7. The van der Waals surface area contributed by atoms with Crippen molar-refractivity contribution in [3.05, 3.63) is 39.9 Å². The molecule has 3 nitrogen and oxygen atoms in total. The molecule has 0 aliphatic carbocycles. The number of benzene rings is 2. The highest BCUT2D eigenvalue weighted by atomic mass is 79.9. The third-order valence-electron chi connectivity index (χ3n) is 3.48. The Kier molecular flexibility index (Phi) is 5.35. The summed E-state index contributed by atoms with van der Waals surface area (Å²) in [4.78, 5) is 12.2. The van der Waals surface area contributed by atoms with E-state index in [4.69, 9.17) is 9.47 Å². The van der Waals surface area contributed by atoms with E-state index in [2.05, 4.69) is 28.9 Å². The SMILES string of the molecule is CCCc1c(C)cc2c(Br)cccc2c1OC(=O)OC(C)(C)C. The van der Waals surface area contributed by atoms with Gasteiger partial charge in [0.05, 0.1) is 0 Å². The Morgan fingerprint density at radius 1 is 1.22 bits per heavy atom. The molecular weight excluding hydrogens is 356 g/mol. The second kappa shape index (κ2) is 6.91. The van der Waals surface area contributed by atoms with Crippen LogP contribution in [0.15, 0.2) is 28.7 Å². The van der Waals surface area contributed by atoms with Gasteiger partial charge in [0.2, 0.25) is 0 Å². The van der Waals surface area contributed by atoms with Crippen LogP contribution in [0.1, 0.15) is 45.2 Å². The first kappa shape index (κ1) is 17.8. The summed E-state index contributed by atoms with van der Waals surface area (Å²) in [6.45, 7) is 9.64. The normalized spacial score (nSPS) is 11.6. The van der Waals surface area contributed by atoms with Gasteiger partial charge in [0.25, 0.3) is 0 Å². The third-order valence-corrected chi connectivity index (χ3v) is 4.17. The van der Waals surface area contributed by atoms with Gasteiger partial charge in [-0.15, -0.1) is 0 Å². The van der Waals surface area contributed by atoms with Gasteiger partial charge in [-0.05, 0) is 62.8 Å². The summed E-state index contributed by atoms with van der Waals surface area (Å²) in [6.07, 6.45) is 1.17. The minimum absolute atomic E-state index is 0.581. The lowest BCUT2D eigenvalue weighted by Crippen LogP contribution is -2.26. The fourth-order valence-electron chi connectivity index (χ4n) is 2.56. The zero-order chi connectivity index (χ0) is 17.2. The molecule has 0 fully saturated rings. The number of carbonyl (C=O) groups excluding carboxylic acids is 1. The molecule has 0 aromatic heterocycles. The Hall–Kier alpha value is -1.55. The predicted molar refractivity (Wildman–Crippen MR) is 97.2 cm³/mol. The minimum Gasteiger partial charge on any atom is -0.428 e. The molecule has 0 unspecified atom stereocenters. The number of halogens is 1. The van der Waals surface area contributed by atoms with Crippen molar-refractivity contribution in [1.82, 2.24) is 0 Å². The zero-order valence-corrected chi connectivity index (χ0v) is 15.9. The highest BCUT2D eigenvalue weighted by molar-refractivity contribution is 9.10. The summed E-state index contributed by atoms with van der Waals surface area (Å²) in [5.41, 5.74) is 1.59. The topological polar surface area (TPSA) is 35.5 Å². The lowest BCUT2D eigenvalue weighted by Gasteiger charge is -2.21. The molecule has 0 saturated heterocycles. The third kappa shape index (κ3) is 4.25. The smallest absolute Gasteiger partial charge is 0.428 e. The van der Waals surface area contributed by atoms with Crippen LogP contribution < -0.4 is 4.74 Å². The van der Waals surface area contributed by atoms with E-state index in [9.17, 15) is 4.79 Å². The molecular formula is C19H23BrO3. The Morgan fingerprint density at radius 2 is 1.91 bits per heavy atom. The van der Waals surface area contributed by atoms with Crippen LogP contribution in [0, 0.1) is 6.92 Å². The summed E-state index contributed by atoms with van der Waals surface area (Å²) in [6, 6.07) is 8.03. The van der Waals surface area contributed by atoms with Crippen molar-refractivity contribution in [3.8, 4) is 5.75 Å². The van der Waals surface area contributed by atoms with Gasteiger partial charge in [-0.1, -0.05) is 41.4 Å². The quantitative estimate of drug-likeness (QED) is 0.472. The van der Waals surface area contributed by atoms with Crippen LogP contribution in [0.25, 0.3) is 10.8 Å². The van der Waals surface area contributed by atoms with Crippen LogP contribution in [0.3, 0.4) is 0 Å². The molecule has 2 aromatic rings. The van der Waals surface area contributed by atoms with Crippen molar-refractivity contribution in [2.24, 2.45) is 0 Å². The molecule has 0 N–H and O–H groups in total. The summed E-state index contributed by atoms with van der Waals surface area (Å²) >= 11 is 3.57. The molecule has 0 amide bonds. The second-order valence-corrected chi connectivity index (χ2v) is 7.51. The molecule has 0 saturated carbocycles. The summed E-state index contributed by atoms with van der Waals surface area (Å²) in [7, 11) is 0. The van der Waals surface area contributed by atoms with Gasteiger partial charge >= 0.3 is 6.16 Å². The zero-order valence-electron chi connectivity index (χ0n) is 14.3. The molecule has 0 radical (unpaired) electrons. The molecule has 0 aliphatic rings. The van der Waals surface area contributed by atoms with Crippen molar-refractivity contribution in [3.63, 3.8) is 0 Å². The van der Waals surface area contributed by atoms with E-state index in [0.717, 1.165) is 39.2 Å². The van der Waals surface area contributed by atoms with Crippen LogP contribution in [-0.4, -0.2) is 11.8 Å². The first-order valence-electron chi connectivity index (χ1n) is 7.84. The maximum absolute atomic E-state index is 12.2. The van der Waals surface area contributed by atoms with Gasteiger partial charge in [-0.25, -0.2) is 4.79 Å². The van der Waals surface area contributed by atoms with E-state index in [1.54, 1.807) is 0 Å². The molecule has 2 aromatic carbocycles. The largest absolute Gasteiger partial charge is 0.514 e. The number of carbonyl (C=O) groups is 1. The van der Waals surface area contributed by atoms with E-state index in [1.165, 1.54) is 0 Å². The molecule has 0 spiro atoms. The van der Waals surface area contributed by atoms with Crippen molar-refractivity contribution in [1.29, 1.82) is 0 Å². The lowest BCUT2D eigenvalue weighted by molar-refractivity contribution is 0.0207. The van der Waals surface area contributed by atoms with Crippen LogP contribution in [-0.2, 0) is 11.2 Å². The van der Waals surface area contributed by atoms with Crippen LogP contribution in [0.4, 0.5) is 4.79 Å². The standard InChI is InChI=1S/C19H23BrO3/c1-6-8-13-12(2)11-15-14(9-7-10-16(15)20)17(13)22-18(21)23-19(3,4)5/h7,9-11H,6,8H2,1-5H3. The van der Waals surface area contributed by atoms with Crippen molar-refractivity contribution >= 4 is 32.9 Å². The Morgan fingerprint density at radius 3 is 2.52 bits per heavy atom. The molecule has 0 heterocycles. The first-order valence-corrected chi connectivity index (χ1v) is 8.63. The number of rotatable bonds is 3. The fourth-order valence-corrected chi connectivity index (χ4v) is 3.04. The van der Waals surface area contributed by atoms with Gasteiger partial charge in [0.15, 0.2) is 0 Å². The number of hydrogen-bond acceptors (Lipinski definition) is 3. The number of ether oxygens (including phenoxy) is 2. The van der Waals surface area contributed by atoms with E-state index in [0.29, 0.717) is 5.75 Å². The van der Waals surface area contributed by atoms with Gasteiger partial charge in [-0.2, -0.15) is 0 Å². The average molecular weight is 379 g/mol. The number of fused-ring (bicyclic) bond motifs is 1. The fraction of sp³-hybridized carbons (Fsp3) is 0.421. The van der Waals surface area contributed by atoms with Crippen molar-refractivity contribution in [2.75, 3.05) is 0 Å². The maximum atomic E-state index is 12.2. The maximum Gasteiger partial charge on any atom is 0.514 e. The number of aryl methyl sites for hydroxylation is 1. The highest BCUT2D eigenvalue weighted by Crippen LogP contribution is 2.37. The van der Waals surface area contributed by atoms with E-state index in [-0.39, 0.29) is 0 Å². The van der Waals surface area contributed by atoms with Gasteiger partial charge in [0, 0.05) is 9.86 Å². The van der Waals surface area contributed by atoms with Gasteiger partial charge in [-0.3, -0.25) is 0 Å². The van der Waals surface area contributed by atoms with E-state index < -0.39 is 11.8 Å². The van der Waals surface area contributed by atoms with Gasteiger partial charge in [0.1, 0.15) is 11.4 Å². The van der Waals surface area contributed by atoms with Crippen molar-refractivity contribution < 1.29 is 14.3 Å². The molecule has 23 heavy (non-hydrogen) atoms. The predicted octanol–water partition coefficient (Wildman–Crippen LogP) is 6.18. The summed E-state index contributed by atoms with van der Waals surface area (Å²) in [5.74, 6) is 0.609. The van der Waals surface area contributed by atoms with Crippen LogP contribution >= 0.6 is 15.9 Å². The molecule has 0 bridgehead atoms. The molecule has 2 rings (SSSR count). The van der Waals surface area contributed by atoms with Crippen LogP contribution in [0.5, 0.6) is 5.75 Å². The van der Waals surface area contributed by atoms with E-state index >= 15 is 0 Å². The molecule has 124 valence electrons. The molecule has 0 atom stereocenters. The highest BCUT2D eigenvalue weighted by Gasteiger charge is 2.21.